The van der Waals surface area contributed by atoms with Crippen LogP contribution in [0.25, 0.3) is 0 Å². The number of carbonyl (C=O) groups is 1. The Balaban J connectivity index is 2.10. The molecule has 0 unspecified atom stereocenters. The molecule has 0 saturated heterocycles. The number of benzene rings is 1. The summed E-state index contributed by atoms with van der Waals surface area (Å²) < 4.78 is 7.00. The number of ether oxygens (including phenoxy) is 1. The van der Waals surface area contributed by atoms with Crippen molar-refractivity contribution in [3.63, 3.8) is 0 Å². The predicted molar refractivity (Wildman–Crippen MR) is 65.0 cm³/mol. The fraction of sp³-hybridized carbons (Fsp3) is 0.462. The van der Waals surface area contributed by atoms with E-state index in [0.717, 1.165) is 34.2 Å². The second-order valence-corrected chi connectivity index (χ2v) is 5.64. The molecule has 2 aliphatic rings. The first-order valence-corrected chi connectivity index (χ1v) is 6.42. The maximum Gasteiger partial charge on any atom is 0.170 e. The highest BCUT2D eigenvalue weighted by atomic mass is 79.9. The van der Waals surface area contributed by atoms with Crippen molar-refractivity contribution in [3.8, 4) is 5.75 Å². The van der Waals surface area contributed by atoms with Crippen molar-refractivity contribution in [2.75, 3.05) is 0 Å². The Morgan fingerprint density at radius 2 is 2.12 bits per heavy atom. The van der Waals surface area contributed by atoms with Crippen LogP contribution in [-0.4, -0.2) is 11.4 Å². The lowest BCUT2D eigenvalue weighted by Gasteiger charge is -2.44. The lowest BCUT2D eigenvalue weighted by atomic mass is 9.74. The summed E-state index contributed by atoms with van der Waals surface area (Å²) in [5, 5.41) is 0. The first-order valence-electron chi connectivity index (χ1n) is 5.63. The number of halogens is 1. The van der Waals surface area contributed by atoms with Gasteiger partial charge in [0.15, 0.2) is 5.78 Å². The largest absolute Gasteiger partial charge is 0.486 e. The molecule has 1 saturated carbocycles. The minimum absolute atomic E-state index is 0.162. The molecule has 16 heavy (non-hydrogen) atoms. The average molecular weight is 281 g/mol. The van der Waals surface area contributed by atoms with Crippen LogP contribution in [0.4, 0.5) is 0 Å². The zero-order chi connectivity index (χ0) is 11.3. The number of Topliss-reactive ketones (excluding diaryl/α,β-unsaturated/α-hetero) is 1. The van der Waals surface area contributed by atoms with Crippen molar-refractivity contribution in [1.82, 2.24) is 0 Å². The molecule has 3 heteroatoms. The van der Waals surface area contributed by atoms with Gasteiger partial charge in [0.2, 0.25) is 0 Å². The Morgan fingerprint density at radius 3 is 2.75 bits per heavy atom. The van der Waals surface area contributed by atoms with Crippen LogP contribution >= 0.6 is 15.9 Å². The van der Waals surface area contributed by atoms with Crippen LogP contribution in [0.2, 0.25) is 0 Å². The van der Waals surface area contributed by atoms with Gasteiger partial charge in [0, 0.05) is 4.47 Å². The summed E-state index contributed by atoms with van der Waals surface area (Å²) in [6.07, 6.45) is 3.77. The molecule has 0 bridgehead atoms. The smallest absolute Gasteiger partial charge is 0.170 e. The third-order valence-corrected chi connectivity index (χ3v) is 4.57. The Kier molecular flexibility index (Phi) is 2.15. The van der Waals surface area contributed by atoms with E-state index >= 15 is 0 Å². The van der Waals surface area contributed by atoms with E-state index in [4.69, 9.17) is 4.74 Å². The number of ketones is 1. The fourth-order valence-corrected chi connectivity index (χ4v) is 2.92. The van der Waals surface area contributed by atoms with Gasteiger partial charge in [-0.25, -0.2) is 0 Å². The summed E-state index contributed by atoms with van der Waals surface area (Å²) in [4.78, 5) is 12.2. The molecule has 1 spiro atoms. The van der Waals surface area contributed by atoms with Gasteiger partial charge in [-0.05, 0) is 43.9 Å². The summed E-state index contributed by atoms with van der Waals surface area (Å²) in [6.45, 7) is 1.96. The third kappa shape index (κ3) is 1.34. The van der Waals surface area contributed by atoms with E-state index < -0.39 is 0 Å². The Labute approximate surface area is 103 Å². The summed E-state index contributed by atoms with van der Waals surface area (Å²) in [7, 11) is 0. The lowest BCUT2D eigenvalue weighted by molar-refractivity contribution is -0.0178. The number of hydrogen-bond donors (Lipinski definition) is 0. The van der Waals surface area contributed by atoms with Gasteiger partial charge in [0.05, 0.1) is 12.0 Å². The lowest BCUT2D eigenvalue weighted by Crippen LogP contribution is -2.47. The Bertz CT molecular complexity index is 475. The van der Waals surface area contributed by atoms with Gasteiger partial charge in [-0.2, -0.15) is 0 Å². The summed E-state index contributed by atoms with van der Waals surface area (Å²) >= 11 is 3.45. The van der Waals surface area contributed by atoms with E-state index in [-0.39, 0.29) is 11.4 Å². The highest BCUT2D eigenvalue weighted by molar-refractivity contribution is 9.10. The van der Waals surface area contributed by atoms with Gasteiger partial charge < -0.3 is 4.74 Å². The van der Waals surface area contributed by atoms with Crippen LogP contribution in [0.15, 0.2) is 16.6 Å². The van der Waals surface area contributed by atoms with Crippen LogP contribution in [0, 0.1) is 6.92 Å². The molecular formula is C13H13BrO2. The SMILES string of the molecule is Cc1c(Br)ccc2c1C(=O)CC1(CCC1)O2. The molecule has 84 valence electrons. The summed E-state index contributed by atoms with van der Waals surface area (Å²) in [5.74, 6) is 1.01. The van der Waals surface area contributed by atoms with Gasteiger partial charge in [-0.1, -0.05) is 15.9 Å². The molecule has 1 aliphatic carbocycles. The predicted octanol–water partition coefficient (Wildman–Crippen LogP) is 3.65. The van der Waals surface area contributed by atoms with Crippen molar-refractivity contribution in [2.45, 2.75) is 38.2 Å². The van der Waals surface area contributed by atoms with Crippen LogP contribution in [0.1, 0.15) is 41.6 Å². The van der Waals surface area contributed by atoms with Crippen molar-refractivity contribution < 1.29 is 9.53 Å². The molecule has 1 aliphatic heterocycles. The highest BCUT2D eigenvalue weighted by Crippen LogP contribution is 2.46. The van der Waals surface area contributed by atoms with Crippen molar-refractivity contribution in [1.29, 1.82) is 0 Å². The van der Waals surface area contributed by atoms with Gasteiger partial charge in [-0.3, -0.25) is 4.79 Å². The van der Waals surface area contributed by atoms with Crippen LogP contribution in [0.3, 0.4) is 0 Å². The maximum absolute atomic E-state index is 12.2. The van der Waals surface area contributed by atoms with E-state index in [1.807, 2.05) is 19.1 Å². The third-order valence-electron chi connectivity index (χ3n) is 3.71. The molecule has 3 rings (SSSR count). The molecule has 1 aromatic carbocycles. The van der Waals surface area contributed by atoms with E-state index in [2.05, 4.69) is 15.9 Å². The molecule has 0 N–H and O–H groups in total. The number of fused-ring (bicyclic) bond motifs is 1. The normalized spacial score (nSPS) is 21.2. The highest BCUT2D eigenvalue weighted by Gasteiger charge is 2.45. The van der Waals surface area contributed by atoms with Gasteiger partial charge in [-0.15, -0.1) is 0 Å². The second kappa shape index (κ2) is 3.33. The summed E-state index contributed by atoms with van der Waals surface area (Å²) in [6, 6.07) is 3.86. The van der Waals surface area contributed by atoms with E-state index in [0.29, 0.717) is 6.42 Å². The topological polar surface area (TPSA) is 26.3 Å². The molecular weight excluding hydrogens is 268 g/mol. The monoisotopic (exact) mass is 280 g/mol. The van der Waals surface area contributed by atoms with Gasteiger partial charge >= 0.3 is 0 Å². The van der Waals surface area contributed by atoms with Crippen LogP contribution < -0.4 is 4.74 Å². The quantitative estimate of drug-likeness (QED) is 0.725. The Hall–Kier alpha value is -0.830. The van der Waals surface area contributed by atoms with Gasteiger partial charge in [0.25, 0.3) is 0 Å². The first-order chi connectivity index (χ1) is 7.61. The van der Waals surface area contributed by atoms with E-state index in [9.17, 15) is 4.79 Å². The molecule has 0 aromatic heterocycles. The molecule has 1 aromatic rings. The number of rotatable bonds is 0. The zero-order valence-electron chi connectivity index (χ0n) is 9.18. The van der Waals surface area contributed by atoms with Gasteiger partial charge in [0.1, 0.15) is 11.4 Å². The minimum atomic E-state index is -0.162. The maximum atomic E-state index is 12.2. The van der Waals surface area contributed by atoms with Crippen LogP contribution in [0.5, 0.6) is 5.75 Å². The van der Waals surface area contributed by atoms with Crippen molar-refractivity contribution >= 4 is 21.7 Å². The average Bonchev–Trinajstić information content (AvgIpc) is 2.21. The second-order valence-electron chi connectivity index (χ2n) is 4.78. The minimum Gasteiger partial charge on any atom is -0.486 e. The Morgan fingerprint density at radius 1 is 1.38 bits per heavy atom. The molecule has 0 radical (unpaired) electrons. The molecule has 2 nitrogen and oxygen atoms in total. The molecule has 1 heterocycles. The van der Waals surface area contributed by atoms with Crippen molar-refractivity contribution in [3.05, 3.63) is 27.7 Å². The summed E-state index contributed by atoms with van der Waals surface area (Å²) in [5.41, 5.74) is 1.60. The molecule has 0 amide bonds. The molecule has 1 fully saturated rings. The standard InChI is InChI=1S/C13H13BrO2/c1-8-9(14)3-4-11-12(8)10(15)7-13(16-11)5-2-6-13/h3-4H,2,5-7H2,1H3. The van der Waals surface area contributed by atoms with E-state index in [1.165, 1.54) is 6.42 Å². The van der Waals surface area contributed by atoms with E-state index in [1.54, 1.807) is 0 Å². The fourth-order valence-electron chi connectivity index (χ4n) is 2.59. The molecule has 0 atom stereocenters. The zero-order valence-corrected chi connectivity index (χ0v) is 10.8. The number of hydrogen-bond acceptors (Lipinski definition) is 2. The number of carbonyl (C=O) groups excluding carboxylic acids is 1. The van der Waals surface area contributed by atoms with Crippen LogP contribution in [-0.2, 0) is 0 Å². The first kappa shape index (κ1) is 10.3. The van der Waals surface area contributed by atoms with Crippen molar-refractivity contribution in [2.24, 2.45) is 0 Å².